The molecule has 3 nitrogen and oxygen atoms in total. The van der Waals surface area contributed by atoms with Crippen LogP contribution in [0.4, 0.5) is 0 Å². The van der Waals surface area contributed by atoms with Gasteiger partial charge in [-0.2, -0.15) is 5.10 Å². The maximum Gasteiger partial charge on any atom is 0.131 e. The van der Waals surface area contributed by atoms with Gasteiger partial charge in [-0.25, -0.2) is 0 Å². The number of rotatable bonds is 3. The molecule has 0 aliphatic rings. The number of hydrogen-bond acceptors (Lipinski definition) is 1. The third-order valence-electron chi connectivity index (χ3n) is 3.85. The van der Waals surface area contributed by atoms with E-state index < -0.39 is 0 Å². The van der Waals surface area contributed by atoms with Gasteiger partial charge in [0.1, 0.15) is 5.15 Å². The predicted molar refractivity (Wildman–Crippen MR) is 83.4 cm³/mol. The molecule has 1 aromatic carbocycles. The molecular formula is C16H18ClN3. The second-order valence-electron chi connectivity index (χ2n) is 5.13. The molecule has 0 radical (unpaired) electrons. The van der Waals surface area contributed by atoms with Crippen molar-refractivity contribution in [3.8, 4) is 0 Å². The van der Waals surface area contributed by atoms with E-state index in [0.29, 0.717) is 0 Å². The van der Waals surface area contributed by atoms with Crippen molar-refractivity contribution in [2.45, 2.75) is 26.8 Å². The molecule has 0 N–H and O–H groups in total. The number of aryl methyl sites for hydroxylation is 3. The summed E-state index contributed by atoms with van der Waals surface area (Å²) in [6.45, 7) is 4.96. The average molecular weight is 288 g/mol. The van der Waals surface area contributed by atoms with Gasteiger partial charge in [-0.15, -0.1) is 0 Å². The topological polar surface area (TPSA) is 22.8 Å². The van der Waals surface area contributed by atoms with Crippen LogP contribution < -0.4 is 0 Å². The van der Waals surface area contributed by atoms with Crippen LogP contribution in [0.1, 0.15) is 23.7 Å². The van der Waals surface area contributed by atoms with Gasteiger partial charge >= 0.3 is 0 Å². The largest absolute Gasteiger partial charge is 0.343 e. The molecule has 0 atom stereocenters. The maximum atomic E-state index is 6.34. The van der Waals surface area contributed by atoms with E-state index in [0.717, 1.165) is 29.4 Å². The molecule has 0 spiro atoms. The van der Waals surface area contributed by atoms with Crippen molar-refractivity contribution in [1.82, 2.24) is 14.3 Å². The van der Waals surface area contributed by atoms with Gasteiger partial charge in [0, 0.05) is 18.8 Å². The summed E-state index contributed by atoms with van der Waals surface area (Å²) in [4.78, 5) is 0. The smallest absolute Gasteiger partial charge is 0.131 e. The Balaban J connectivity index is 2.11. The lowest BCUT2D eigenvalue weighted by atomic mass is 10.1. The van der Waals surface area contributed by atoms with Gasteiger partial charge in [0.2, 0.25) is 0 Å². The standard InChI is InChI=1S/C16H18ClN3/c1-4-12-6-5-7-13-8-9-20(15(12)13)10-14-11(2)18-19(3)16(14)17/h5-9H,4,10H2,1-3H3. The molecule has 0 amide bonds. The minimum absolute atomic E-state index is 0.721. The van der Waals surface area contributed by atoms with Crippen molar-refractivity contribution in [3.05, 3.63) is 52.4 Å². The summed E-state index contributed by atoms with van der Waals surface area (Å²) in [5.41, 5.74) is 4.75. The van der Waals surface area contributed by atoms with E-state index in [1.54, 1.807) is 4.68 Å². The lowest BCUT2D eigenvalue weighted by Crippen LogP contribution is -2.01. The van der Waals surface area contributed by atoms with Crippen LogP contribution in [0, 0.1) is 6.92 Å². The molecule has 0 unspecified atom stereocenters. The number of aromatic nitrogens is 3. The summed E-state index contributed by atoms with van der Waals surface area (Å²) in [6, 6.07) is 8.63. The first-order valence-electron chi connectivity index (χ1n) is 6.86. The van der Waals surface area contributed by atoms with E-state index >= 15 is 0 Å². The van der Waals surface area contributed by atoms with E-state index in [9.17, 15) is 0 Å². The van der Waals surface area contributed by atoms with Crippen molar-refractivity contribution < 1.29 is 0 Å². The maximum absolute atomic E-state index is 6.34. The Morgan fingerprint density at radius 1 is 1.25 bits per heavy atom. The second kappa shape index (κ2) is 4.98. The van der Waals surface area contributed by atoms with E-state index in [4.69, 9.17) is 11.6 Å². The number of hydrogen-bond donors (Lipinski definition) is 0. The predicted octanol–water partition coefficient (Wildman–Crippen LogP) is 3.95. The molecule has 0 bridgehead atoms. The Morgan fingerprint density at radius 2 is 2.05 bits per heavy atom. The number of para-hydroxylation sites is 1. The van der Waals surface area contributed by atoms with Gasteiger partial charge in [-0.3, -0.25) is 4.68 Å². The van der Waals surface area contributed by atoms with Crippen molar-refractivity contribution >= 4 is 22.5 Å². The third-order valence-corrected chi connectivity index (χ3v) is 4.32. The monoisotopic (exact) mass is 287 g/mol. The van der Waals surface area contributed by atoms with Crippen LogP contribution in [0.2, 0.25) is 5.15 Å². The number of benzene rings is 1. The number of halogens is 1. The van der Waals surface area contributed by atoms with Crippen LogP contribution >= 0.6 is 11.6 Å². The fourth-order valence-corrected chi connectivity index (χ4v) is 3.02. The van der Waals surface area contributed by atoms with Gasteiger partial charge in [0.25, 0.3) is 0 Å². The lowest BCUT2D eigenvalue weighted by molar-refractivity contribution is 0.757. The van der Waals surface area contributed by atoms with E-state index in [1.807, 2.05) is 14.0 Å². The molecule has 4 heteroatoms. The molecule has 3 aromatic rings. The molecule has 0 aliphatic heterocycles. The molecule has 0 saturated carbocycles. The van der Waals surface area contributed by atoms with Crippen LogP contribution in [-0.4, -0.2) is 14.3 Å². The van der Waals surface area contributed by atoms with Gasteiger partial charge < -0.3 is 4.57 Å². The summed E-state index contributed by atoms with van der Waals surface area (Å²) < 4.78 is 4.00. The van der Waals surface area contributed by atoms with E-state index in [2.05, 4.69) is 47.1 Å². The van der Waals surface area contributed by atoms with Gasteiger partial charge in [-0.1, -0.05) is 36.7 Å². The molecular weight excluding hydrogens is 270 g/mol. The fourth-order valence-electron chi connectivity index (χ4n) is 2.78. The van der Waals surface area contributed by atoms with Crippen molar-refractivity contribution in [1.29, 1.82) is 0 Å². The summed E-state index contributed by atoms with van der Waals surface area (Å²) >= 11 is 6.34. The Labute approximate surface area is 123 Å². The highest BCUT2D eigenvalue weighted by Crippen LogP contribution is 2.25. The molecule has 104 valence electrons. The van der Waals surface area contributed by atoms with Crippen LogP contribution in [0.5, 0.6) is 0 Å². The van der Waals surface area contributed by atoms with Gasteiger partial charge in [0.05, 0.1) is 17.8 Å². The lowest BCUT2D eigenvalue weighted by Gasteiger charge is -2.09. The first-order chi connectivity index (χ1) is 9.61. The minimum atomic E-state index is 0.721. The van der Waals surface area contributed by atoms with Crippen LogP contribution in [0.25, 0.3) is 10.9 Å². The summed E-state index contributed by atoms with van der Waals surface area (Å²) in [6.07, 6.45) is 3.16. The van der Waals surface area contributed by atoms with E-state index in [-0.39, 0.29) is 0 Å². The highest BCUT2D eigenvalue weighted by molar-refractivity contribution is 6.30. The SMILES string of the molecule is CCc1cccc2ccn(Cc3c(C)nn(C)c3Cl)c12. The average Bonchev–Trinajstić information content (AvgIpc) is 2.96. The third kappa shape index (κ3) is 2.02. The highest BCUT2D eigenvalue weighted by atomic mass is 35.5. The van der Waals surface area contributed by atoms with E-state index in [1.165, 1.54) is 16.5 Å². The summed E-state index contributed by atoms with van der Waals surface area (Å²) in [5.74, 6) is 0. The zero-order valence-corrected chi connectivity index (χ0v) is 12.8. The molecule has 3 rings (SSSR count). The first kappa shape index (κ1) is 13.3. The molecule has 20 heavy (non-hydrogen) atoms. The Hall–Kier alpha value is -1.74. The molecule has 0 fully saturated rings. The van der Waals surface area contributed by atoms with Crippen molar-refractivity contribution in [2.24, 2.45) is 7.05 Å². The fraction of sp³-hybridized carbons (Fsp3) is 0.312. The van der Waals surface area contributed by atoms with Gasteiger partial charge in [-0.05, 0) is 30.4 Å². The van der Waals surface area contributed by atoms with Crippen molar-refractivity contribution in [2.75, 3.05) is 0 Å². The summed E-state index contributed by atoms with van der Waals surface area (Å²) in [5, 5.41) is 6.39. The zero-order valence-electron chi connectivity index (χ0n) is 12.0. The summed E-state index contributed by atoms with van der Waals surface area (Å²) in [7, 11) is 1.88. The molecule has 0 aliphatic carbocycles. The van der Waals surface area contributed by atoms with Crippen LogP contribution in [0.15, 0.2) is 30.5 Å². The number of fused-ring (bicyclic) bond motifs is 1. The van der Waals surface area contributed by atoms with Gasteiger partial charge in [0.15, 0.2) is 0 Å². The second-order valence-corrected chi connectivity index (χ2v) is 5.49. The van der Waals surface area contributed by atoms with Crippen LogP contribution in [0.3, 0.4) is 0 Å². The quantitative estimate of drug-likeness (QED) is 0.715. The Kier molecular flexibility index (Phi) is 3.30. The molecule has 0 saturated heterocycles. The highest BCUT2D eigenvalue weighted by Gasteiger charge is 2.13. The first-order valence-corrected chi connectivity index (χ1v) is 7.24. The normalized spacial score (nSPS) is 11.4. The van der Waals surface area contributed by atoms with Crippen molar-refractivity contribution in [3.63, 3.8) is 0 Å². The van der Waals surface area contributed by atoms with Crippen LogP contribution in [-0.2, 0) is 20.0 Å². The Morgan fingerprint density at radius 3 is 2.70 bits per heavy atom. The Bertz CT molecular complexity index is 767. The zero-order chi connectivity index (χ0) is 14.3. The minimum Gasteiger partial charge on any atom is -0.343 e. The molecule has 2 heterocycles. The molecule has 2 aromatic heterocycles. The number of nitrogens with zero attached hydrogens (tertiary/aromatic N) is 3.